The summed E-state index contributed by atoms with van der Waals surface area (Å²) in [4.78, 5) is 11.9. The Balaban J connectivity index is 2.01. The van der Waals surface area contributed by atoms with Crippen molar-refractivity contribution in [3.05, 3.63) is 35.4 Å². The maximum absolute atomic E-state index is 13.0. The van der Waals surface area contributed by atoms with Crippen LogP contribution in [0.2, 0.25) is 0 Å². The maximum Gasteiger partial charge on any atom is 0.251 e. The SMILES string of the molecule is O=C(NCC1(CCl)CCCC1)c1cc(F)cc(F)c1. The molecule has 0 aliphatic heterocycles. The molecule has 19 heavy (non-hydrogen) atoms. The molecule has 1 aliphatic carbocycles. The van der Waals surface area contributed by atoms with Crippen molar-refractivity contribution in [3.63, 3.8) is 0 Å². The summed E-state index contributed by atoms with van der Waals surface area (Å²) in [6.45, 7) is 0.452. The minimum absolute atomic E-state index is 0.000203. The molecule has 1 amide bonds. The molecule has 104 valence electrons. The van der Waals surface area contributed by atoms with Crippen LogP contribution in [-0.4, -0.2) is 18.3 Å². The number of hydrogen-bond acceptors (Lipinski definition) is 1. The zero-order valence-electron chi connectivity index (χ0n) is 10.5. The Labute approximate surface area is 116 Å². The maximum atomic E-state index is 13.0. The third-order valence-corrected chi connectivity index (χ3v) is 4.26. The van der Waals surface area contributed by atoms with Gasteiger partial charge in [0.25, 0.3) is 5.91 Å². The van der Waals surface area contributed by atoms with Crippen molar-refractivity contribution in [3.8, 4) is 0 Å². The van der Waals surface area contributed by atoms with Crippen molar-refractivity contribution in [2.45, 2.75) is 25.7 Å². The van der Waals surface area contributed by atoms with Gasteiger partial charge in [-0.25, -0.2) is 8.78 Å². The van der Waals surface area contributed by atoms with Crippen LogP contribution < -0.4 is 5.32 Å². The highest BCUT2D eigenvalue weighted by molar-refractivity contribution is 6.18. The standard InChI is InChI=1S/C14H16ClF2NO/c15-8-14(3-1-2-4-14)9-18-13(19)10-5-11(16)7-12(17)6-10/h5-7H,1-4,8-9H2,(H,18,19). The number of carbonyl (C=O) groups excluding carboxylic acids is 1. The van der Waals surface area contributed by atoms with Gasteiger partial charge < -0.3 is 5.32 Å². The predicted octanol–water partition coefficient (Wildman–Crippen LogP) is 3.49. The average Bonchev–Trinajstić information content (AvgIpc) is 2.84. The van der Waals surface area contributed by atoms with Crippen LogP contribution in [0.3, 0.4) is 0 Å². The molecule has 0 radical (unpaired) electrons. The van der Waals surface area contributed by atoms with Crippen molar-refractivity contribution in [2.75, 3.05) is 12.4 Å². The van der Waals surface area contributed by atoms with E-state index in [1.165, 1.54) is 0 Å². The van der Waals surface area contributed by atoms with Gasteiger partial charge in [0, 0.05) is 29.5 Å². The summed E-state index contributed by atoms with van der Waals surface area (Å²) in [5.41, 5.74) is -0.0662. The molecule has 1 N–H and O–H groups in total. The van der Waals surface area contributed by atoms with E-state index in [-0.39, 0.29) is 11.0 Å². The molecule has 1 fully saturated rings. The Morgan fingerprint density at radius 3 is 2.32 bits per heavy atom. The van der Waals surface area contributed by atoms with Crippen LogP contribution in [0.4, 0.5) is 8.78 Å². The molecule has 0 aromatic heterocycles. The summed E-state index contributed by atoms with van der Waals surface area (Å²) in [6, 6.07) is 2.80. The second kappa shape index (κ2) is 5.87. The summed E-state index contributed by atoms with van der Waals surface area (Å²) in [5.74, 6) is -1.48. The number of amides is 1. The van der Waals surface area contributed by atoms with Crippen molar-refractivity contribution in [1.82, 2.24) is 5.32 Å². The fraction of sp³-hybridized carbons (Fsp3) is 0.500. The molecule has 0 heterocycles. The highest BCUT2D eigenvalue weighted by Crippen LogP contribution is 2.38. The van der Waals surface area contributed by atoms with Gasteiger partial charge in [0.1, 0.15) is 11.6 Å². The first-order chi connectivity index (χ1) is 9.04. The molecule has 2 rings (SSSR count). The van der Waals surface area contributed by atoms with Gasteiger partial charge in [-0.2, -0.15) is 0 Å². The third-order valence-electron chi connectivity index (χ3n) is 3.70. The van der Waals surface area contributed by atoms with E-state index in [4.69, 9.17) is 11.6 Å². The first kappa shape index (κ1) is 14.3. The molecule has 0 bridgehead atoms. The minimum Gasteiger partial charge on any atom is -0.351 e. The smallest absolute Gasteiger partial charge is 0.251 e. The van der Waals surface area contributed by atoms with E-state index < -0.39 is 17.5 Å². The Morgan fingerprint density at radius 1 is 1.21 bits per heavy atom. The third kappa shape index (κ3) is 3.44. The molecule has 1 aliphatic rings. The van der Waals surface area contributed by atoms with Crippen molar-refractivity contribution >= 4 is 17.5 Å². The first-order valence-electron chi connectivity index (χ1n) is 6.35. The van der Waals surface area contributed by atoms with Crippen LogP contribution in [0.1, 0.15) is 36.0 Å². The average molecular weight is 288 g/mol. The zero-order chi connectivity index (χ0) is 13.9. The number of hydrogen-bond donors (Lipinski definition) is 1. The van der Waals surface area contributed by atoms with Crippen LogP contribution in [-0.2, 0) is 0 Å². The lowest BCUT2D eigenvalue weighted by atomic mass is 9.88. The number of carbonyl (C=O) groups is 1. The van der Waals surface area contributed by atoms with Gasteiger partial charge in [0.15, 0.2) is 0 Å². The van der Waals surface area contributed by atoms with E-state index in [2.05, 4.69) is 5.32 Å². The summed E-state index contributed by atoms with van der Waals surface area (Å²) in [7, 11) is 0. The molecule has 1 aromatic rings. The topological polar surface area (TPSA) is 29.1 Å². The fourth-order valence-electron chi connectivity index (χ4n) is 2.54. The van der Waals surface area contributed by atoms with E-state index in [1.807, 2.05) is 0 Å². The highest BCUT2D eigenvalue weighted by atomic mass is 35.5. The molecule has 5 heteroatoms. The highest BCUT2D eigenvalue weighted by Gasteiger charge is 2.33. The van der Waals surface area contributed by atoms with Gasteiger partial charge in [-0.3, -0.25) is 4.79 Å². The van der Waals surface area contributed by atoms with Crippen molar-refractivity contribution in [1.29, 1.82) is 0 Å². The number of rotatable bonds is 4. The lowest BCUT2D eigenvalue weighted by Crippen LogP contribution is -2.37. The van der Waals surface area contributed by atoms with Crippen molar-refractivity contribution in [2.24, 2.45) is 5.41 Å². The Morgan fingerprint density at radius 2 is 1.79 bits per heavy atom. The van der Waals surface area contributed by atoms with Crippen LogP contribution >= 0.6 is 11.6 Å². The number of benzene rings is 1. The van der Waals surface area contributed by atoms with Gasteiger partial charge in [-0.05, 0) is 25.0 Å². The zero-order valence-corrected chi connectivity index (χ0v) is 11.3. The molecule has 1 saturated carbocycles. The van der Waals surface area contributed by atoms with E-state index in [1.54, 1.807) is 0 Å². The van der Waals surface area contributed by atoms with E-state index in [9.17, 15) is 13.6 Å². The van der Waals surface area contributed by atoms with Gasteiger partial charge in [-0.15, -0.1) is 11.6 Å². The summed E-state index contributed by atoms with van der Waals surface area (Å²) in [6.07, 6.45) is 4.18. The molecule has 0 saturated heterocycles. The molecular weight excluding hydrogens is 272 g/mol. The lowest BCUT2D eigenvalue weighted by molar-refractivity contribution is 0.0934. The molecular formula is C14H16ClF2NO. The molecule has 0 atom stereocenters. The second-order valence-electron chi connectivity index (χ2n) is 5.18. The Bertz CT molecular complexity index is 452. The number of halogens is 3. The second-order valence-corrected chi connectivity index (χ2v) is 5.45. The summed E-state index contributed by atoms with van der Waals surface area (Å²) >= 11 is 5.97. The lowest BCUT2D eigenvalue weighted by Gasteiger charge is -2.26. The quantitative estimate of drug-likeness (QED) is 0.844. The van der Waals surface area contributed by atoms with Crippen LogP contribution in [0.15, 0.2) is 18.2 Å². The predicted molar refractivity (Wildman–Crippen MR) is 70.3 cm³/mol. The van der Waals surface area contributed by atoms with Gasteiger partial charge in [0.05, 0.1) is 0 Å². The first-order valence-corrected chi connectivity index (χ1v) is 6.88. The summed E-state index contributed by atoms with van der Waals surface area (Å²) < 4.78 is 26.1. The molecule has 2 nitrogen and oxygen atoms in total. The van der Waals surface area contributed by atoms with Crippen LogP contribution in [0, 0.1) is 17.0 Å². The molecule has 0 unspecified atom stereocenters. The minimum atomic E-state index is -0.752. The van der Waals surface area contributed by atoms with Gasteiger partial charge in [0.2, 0.25) is 0 Å². The van der Waals surface area contributed by atoms with Crippen LogP contribution in [0.5, 0.6) is 0 Å². The number of alkyl halides is 1. The molecule has 1 aromatic carbocycles. The van der Waals surface area contributed by atoms with Gasteiger partial charge >= 0.3 is 0 Å². The normalized spacial score (nSPS) is 17.4. The van der Waals surface area contributed by atoms with Gasteiger partial charge in [-0.1, -0.05) is 12.8 Å². The molecule has 0 spiro atoms. The van der Waals surface area contributed by atoms with Crippen LogP contribution in [0.25, 0.3) is 0 Å². The summed E-state index contributed by atoms with van der Waals surface area (Å²) in [5, 5.41) is 2.73. The fourth-order valence-corrected chi connectivity index (χ4v) is 2.90. The Hall–Kier alpha value is -1.16. The van der Waals surface area contributed by atoms with E-state index >= 15 is 0 Å². The Kier molecular flexibility index (Phi) is 4.40. The van der Waals surface area contributed by atoms with Crippen molar-refractivity contribution < 1.29 is 13.6 Å². The largest absolute Gasteiger partial charge is 0.351 e. The van der Waals surface area contributed by atoms with E-state index in [0.29, 0.717) is 12.4 Å². The number of nitrogens with one attached hydrogen (secondary N) is 1. The monoisotopic (exact) mass is 287 g/mol. The van der Waals surface area contributed by atoms with E-state index in [0.717, 1.165) is 43.9 Å².